The summed E-state index contributed by atoms with van der Waals surface area (Å²) in [6, 6.07) is 13.1. The lowest BCUT2D eigenvalue weighted by molar-refractivity contribution is -0.380. The van der Waals surface area contributed by atoms with Gasteiger partial charge in [-0.15, -0.1) is 0 Å². The summed E-state index contributed by atoms with van der Waals surface area (Å²) in [6.07, 6.45) is 1.03. The first-order valence-corrected chi connectivity index (χ1v) is 8.50. The van der Waals surface area contributed by atoms with E-state index < -0.39 is 23.4 Å². The van der Waals surface area contributed by atoms with Gasteiger partial charge in [-0.25, -0.2) is 9.78 Å². The van der Waals surface area contributed by atoms with Gasteiger partial charge in [-0.3, -0.25) is 20.2 Å². The Morgan fingerprint density at radius 1 is 1.15 bits per heavy atom. The number of ether oxygens (including phenoxy) is 2. The number of fused-ring (bicyclic) bond motifs is 1. The maximum Gasteiger partial charge on any atom is 0.345 e. The van der Waals surface area contributed by atoms with Crippen molar-refractivity contribution < 1.29 is 24.0 Å². The van der Waals surface area contributed by atoms with Crippen molar-refractivity contribution in [1.82, 2.24) is 4.98 Å². The van der Waals surface area contributed by atoms with Gasteiger partial charge in [0, 0.05) is 0 Å². The number of nitro groups is 1. The number of nitrogens with one attached hydrogen (secondary N) is 1. The standard InChI is InChI=1S/C17H13N3O6S/c21-14(19-17-18-8-15(27-17)20(23)24)9-26-16(22)10-25-13-6-5-11-3-1-2-4-12(11)7-13/h1-8H,9-10H2,(H,18,19,21). The summed E-state index contributed by atoms with van der Waals surface area (Å²) >= 11 is 0.705. The van der Waals surface area contributed by atoms with E-state index in [4.69, 9.17) is 9.47 Å². The number of carbonyl (C=O) groups excluding carboxylic acids is 2. The molecule has 0 radical (unpaired) electrons. The highest BCUT2D eigenvalue weighted by atomic mass is 32.1. The number of benzene rings is 2. The molecule has 0 aliphatic heterocycles. The van der Waals surface area contributed by atoms with Crippen LogP contribution in [-0.2, 0) is 14.3 Å². The summed E-state index contributed by atoms with van der Waals surface area (Å²) in [4.78, 5) is 37.0. The molecule has 2 aromatic carbocycles. The van der Waals surface area contributed by atoms with Crippen molar-refractivity contribution in [3.63, 3.8) is 0 Å². The molecule has 9 nitrogen and oxygen atoms in total. The van der Waals surface area contributed by atoms with Gasteiger partial charge in [-0.05, 0) is 34.2 Å². The number of esters is 1. The first kappa shape index (κ1) is 18.3. The Morgan fingerprint density at radius 3 is 2.67 bits per heavy atom. The average Bonchev–Trinajstić information content (AvgIpc) is 3.13. The molecule has 0 spiro atoms. The van der Waals surface area contributed by atoms with Crippen LogP contribution in [0, 0.1) is 10.1 Å². The van der Waals surface area contributed by atoms with Crippen LogP contribution in [0.15, 0.2) is 48.7 Å². The van der Waals surface area contributed by atoms with E-state index in [0.717, 1.165) is 17.0 Å². The zero-order valence-electron chi connectivity index (χ0n) is 13.8. The van der Waals surface area contributed by atoms with E-state index in [1.54, 1.807) is 12.1 Å². The number of carbonyl (C=O) groups is 2. The van der Waals surface area contributed by atoms with Gasteiger partial charge in [0.15, 0.2) is 18.3 Å². The van der Waals surface area contributed by atoms with Crippen LogP contribution >= 0.6 is 11.3 Å². The van der Waals surface area contributed by atoms with E-state index in [1.165, 1.54) is 0 Å². The lowest BCUT2D eigenvalue weighted by Gasteiger charge is -2.07. The molecular formula is C17H13N3O6S. The lowest BCUT2D eigenvalue weighted by atomic mass is 10.1. The molecular weight excluding hydrogens is 374 g/mol. The second-order valence-electron chi connectivity index (χ2n) is 5.27. The van der Waals surface area contributed by atoms with Crippen LogP contribution in [0.25, 0.3) is 10.8 Å². The van der Waals surface area contributed by atoms with Crippen molar-refractivity contribution in [2.75, 3.05) is 18.5 Å². The van der Waals surface area contributed by atoms with Gasteiger partial charge in [0.05, 0.1) is 4.92 Å². The highest BCUT2D eigenvalue weighted by Gasteiger charge is 2.14. The van der Waals surface area contributed by atoms with Crippen LogP contribution in [0.1, 0.15) is 0 Å². The summed E-state index contributed by atoms with van der Waals surface area (Å²) in [5, 5.41) is 14.7. The number of hydrogen-bond acceptors (Lipinski definition) is 8. The number of thiazole rings is 1. The second kappa shape index (κ2) is 8.23. The highest BCUT2D eigenvalue weighted by Crippen LogP contribution is 2.24. The van der Waals surface area contributed by atoms with Crippen LogP contribution in [0.4, 0.5) is 10.1 Å². The third-order valence-electron chi connectivity index (χ3n) is 3.36. The Bertz CT molecular complexity index is 1000. The SMILES string of the molecule is O=C(COC(=O)COc1ccc2ccccc2c1)Nc1ncc([N+](=O)[O-])s1. The van der Waals surface area contributed by atoms with Gasteiger partial charge in [0.1, 0.15) is 11.9 Å². The van der Waals surface area contributed by atoms with Gasteiger partial charge in [-0.2, -0.15) is 0 Å². The minimum Gasteiger partial charge on any atom is -0.482 e. The number of hydrogen-bond donors (Lipinski definition) is 1. The molecule has 0 atom stereocenters. The molecule has 27 heavy (non-hydrogen) atoms. The third-order valence-corrected chi connectivity index (χ3v) is 4.23. The maximum atomic E-state index is 11.7. The molecule has 0 bridgehead atoms. The summed E-state index contributed by atoms with van der Waals surface area (Å²) < 4.78 is 10.2. The van der Waals surface area contributed by atoms with Crippen molar-refractivity contribution in [2.24, 2.45) is 0 Å². The molecule has 1 aromatic heterocycles. The Morgan fingerprint density at radius 2 is 1.93 bits per heavy atom. The van der Waals surface area contributed by atoms with Crippen LogP contribution in [-0.4, -0.2) is 35.0 Å². The molecule has 0 saturated heterocycles. The van der Waals surface area contributed by atoms with Gasteiger partial charge in [-0.1, -0.05) is 30.3 Å². The molecule has 0 unspecified atom stereocenters. The molecule has 3 rings (SSSR count). The fourth-order valence-corrected chi connectivity index (χ4v) is 2.80. The number of amides is 1. The smallest absolute Gasteiger partial charge is 0.345 e. The molecule has 1 heterocycles. The van der Waals surface area contributed by atoms with Crippen LogP contribution < -0.4 is 10.1 Å². The Balaban J connectivity index is 1.44. The first-order valence-electron chi connectivity index (χ1n) is 7.68. The minimum atomic E-state index is -0.719. The Labute approximate surface area is 156 Å². The normalized spacial score (nSPS) is 10.4. The summed E-state index contributed by atoms with van der Waals surface area (Å²) in [6.45, 7) is -0.901. The maximum absolute atomic E-state index is 11.7. The first-order chi connectivity index (χ1) is 13.0. The molecule has 1 amide bonds. The van der Waals surface area contributed by atoms with Crippen molar-refractivity contribution in [1.29, 1.82) is 0 Å². The minimum absolute atomic E-state index is 0.0511. The number of nitrogens with zero attached hydrogens (tertiary/aromatic N) is 2. The van der Waals surface area contributed by atoms with Crippen molar-refractivity contribution >= 4 is 44.1 Å². The number of aromatic nitrogens is 1. The molecule has 3 aromatic rings. The van der Waals surface area contributed by atoms with Gasteiger partial charge >= 0.3 is 11.0 Å². The quantitative estimate of drug-likeness (QED) is 0.376. The number of anilines is 1. The summed E-state index contributed by atoms with van der Waals surface area (Å²) in [5.41, 5.74) is 0. The van der Waals surface area contributed by atoms with Gasteiger partial charge in [0.25, 0.3) is 5.91 Å². The van der Waals surface area contributed by atoms with Crippen molar-refractivity contribution in [3.8, 4) is 5.75 Å². The van der Waals surface area contributed by atoms with E-state index in [0.29, 0.717) is 17.1 Å². The predicted molar refractivity (Wildman–Crippen MR) is 97.8 cm³/mol. The van der Waals surface area contributed by atoms with E-state index in [1.807, 2.05) is 30.3 Å². The van der Waals surface area contributed by atoms with Gasteiger partial charge in [0.2, 0.25) is 0 Å². The zero-order valence-corrected chi connectivity index (χ0v) is 14.6. The molecule has 0 aliphatic rings. The monoisotopic (exact) mass is 387 g/mol. The lowest BCUT2D eigenvalue weighted by Crippen LogP contribution is -2.23. The Kier molecular flexibility index (Phi) is 5.57. The molecule has 0 aliphatic carbocycles. The van der Waals surface area contributed by atoms with Gasteiger partial charge < -0.3 is 9.47 Å². The van der Waals surface area contributed by atoms with Crippen LogP contribution in [0.5, 0.6) is 5.75 Å². The van der Waals surface area contributed by atoms with E-state index in [9.17, 15) is 19.7 Å². The number of rotatable bonds is 7. The van der Waals surface area contributed by atoms with Crippen molar-refractivity contribution in [2.45, 2.75) is 0 Å². The summed E-state index contributed by atoms with van der Waals surface area (Å²) in [5.74, 6) is -0.869. The predicted octanol–water partition coefficient (Wildman–Crippen LogP) is 2.77. The topological polar surface area (TPSA) is 121 Å². The van der Waals surface area contributed by atoms with E-state index >= 15 is 0 Å². The Hall–Kier alpha value is -3.53. The van der Waals surface area contributed by atoms with Crippen LogP contribution in [0.3, 0.4) is 0 Å². The largest absolute Gasteiger partial charge is 0.482 e. The molecule has 1 N–H and O–H groups in total. The molecule has 138 valence electrons. The average molecular weight is 387 g/mol. The van der Waals surface area contributed by atoms with Crippen LogP contribution in [0.2, 0.25) is 0 Å². The molecule has 0 fully saturated rings. The zero-order chi connectivity index (χ0) is 19.2. The fourth-order valence-electron chi connectivity index (χ4n) is 2.15. The second-order valence-corrected chi connectivity index (χ2v) is 6.28. The third kappa shape index (κ3) is 4.98. The fraction of sp³-hybridized carbons (Fsp3) is 0.118. The summed E-state index contributed by atoms with van der Waals surface area (Å²) in [7, 11) is 0. The molecule has 0 saturated carbocycles. The van der Waals surface area contributed by atoms with E-state index in [-0.39, 0.29) is 16.7 Å². The highest BCUT2D eigenvalue weighted by molar-refractivity contribution is 7.18. The molecule has 10 heteroatoms. The van der Waals surface area contributed by atoms with E-state index in [2.05, 4.69) is 10.3 Å². The van der Waals surface area contributed by atoms with Crippen molar-refractivity contribution in [3.05, 3.63) is 58.8 Å².